The molecule has 0 spiro atoms. The number of nitrogens with two attached hydrogens (primary N) is 1. The van der Waals surface area contributed by atoms with E-state index in [0.29, 0.717) is 23.5 Å². The Morgan fingerprint density at radius 2 is 0.947 bits per heavy atom. The number of benzene rings is 1. The van der Waals surface area contributed by atoms with E-state index in [1.165, 1.54) is 52.7 Å². The Labute approximate surface area is 444 Å². The topological polar surface area (TPSA) is 457 Å². The van der Waals surface area contributed by atoms with Crippen LogP contribution < -0.4 is 43.0 Å². The van der Waals surface area contributed by atoms with E-state index >= 15 is 0 Å². The third kappa shape index (κ3) is 24.0. The smallest absolute Gasteiger partial charge is 0.322 e. The summed E-state index contributed by atoms with van der Waals surface area (Å²) in [7, 11) is 0. The van der Waals surface area contributed by atoms with Crippen LogP contribution in [0.25, 0.3) is 0 Å². The molecular formula is C46H67N9O19S2. The summed E-state index contributed by atoms with van der Waals surface area (Å²) >= 11 is 2.69. The lowest BCUT2D eigenvalue weighted by atomic mass is 10.0. The SMILES string of the molecule is CSCC[C@H](NC(=O)[C@@H]1CCCN1C(=O)[C@H](CCSC)NC(=O)[C@H](Cc1ccc(O)cc1)NC(=O)[C@H](CCC(=O)O)NC(=O)[C@H](CCC(=O)O)NC(=O)[C@H](CCC(=O)O)NC(=O)[C@@H](N)CCC(=O)O)C(=O)NCC(=O)O. The predicted molar refractivity (Wildman–Crippen MR) is 270 cm³/mol. The van der Waals surface area contributed by atoms with E-state index in [9.17, 15) is 82.8 Å². The first-order valence-corrected chi connectivity index (χ1v) is 26.7. The molecule has 1 aromatic rings. The Balaban J connectivity index is 2.50. The highest BCUT2D eigenvalue weighted by molar-refractivity contribution is 7.98. The van der Waals surface area contributed by atoms with Gasteiger partial charge >= 0.3 is 29.8 Å². The van der Waals surface area contributed by atoms with Gasteiger partial charge in [0.25, 0.3) is 0 Å². The number of phenols is 1. The van der Waals surface area contributed by atoms with Gasteiger partial charge in [0, 0.05) is 38.6 Å². The van der Waals surface area contributed by atoms with Gasteiger partial charge in [0.2, 0.25) is 47.3 Å². The van der Waals surface area contributed by atoms with E-state index in [1.54, 1.807) is 12.5 Å². The number of hydrogen-bond acceptors (Lipinski definition) is 17. The molecule has 0 radical (unpaired) electrons. The first-order chi connectivity index (χ1) is 35.9. The van der Waals surface area contributed by atoms with Gasteiger partial charge in [-0.25, -0.2) is 0 Å². The summed E-state index contributed by atoms with van der Waals surface area (Å²) < 4.78 is 0. The molecule has 1 aliphatic rings. The van der Waals surface area contributed by atoms with Gasteiger partial charge in [-0.1, -0.05) is 12.1 Å². The highest BCUT2D eigenvalue weighted by atomic mass is 32.2. The van der Waals surface area contributed by atoms with E-state index in [1.807, 2.05) is 0 Å². The predicted octanol–water partition coefficient (Wildman–Crippen LogP) is -2.67. The molecule has 15 N–H and O–H groups in total. The molecule has 1 saturated heterocycles. The van der Waals surface area contributed by atoms with Gasteiger partial charge < -0.3 is 78.5 Å². The number of hydrogen-bond donors (Lipinski definition) is 14. The third-order valence-corrected chi connectivity index (χ3v) is 12.9. The zero-order chi connectivity index (χ0) is 57.1. The number of nitrogens with zero attached hydrogens (tertiary/aromatic N) is 1. The Hall–Kier alpha value is -7.21. The number of nitrogens with one attached hydrogen (secondary N) is 7. The van der Waals surface area contributed by atoms with Crippen LogP contribution in [0.2, 0.25) is 0 Å². The number of rotatable bonds is 36. The molecule has 1 fully saturated rings. The molecule has 30 heteroatoms. The fourth-order valence-corrected chi connectivity index (χ4v) is 8.46. The first-order valence-electron chi connectivity index (χ1n) is 23.9. The normalized spacial score (nSPS) is 15.7. The van der Waals surface area contributed by atoms with Gasteiger partial charge in [0.1, 0.15) is 54.6 Å². The van der Waals surface area contributed by atoms with Crippen LogP contribution in [0.1, 0.15) is 82.6 Å². The van der Waals surface area contributed by atoms with Crippen LogP contribution in [-0.2, 0) is 68.7 Å². The highest BCUT2D eigenvalue weighted by Gasteiger charge is 2.40. The summed E-state index contributed by atoms with van der Waals surface area (Å²) in [5.74, 6) is -14.2. The molecule has 76 heavy (non-hydrogen) atoms. The standard InChI is InChI=1S/C46H67N9O19S2/c1-75-20-17-30(40(68)48-23-38(65)66)52-45(73)33-4-3-19-55(33)46(74)31(18-21-76-2)53-44(72)32(22-24-5-7-25(56)8-6-24)54-43(71)29(12-16-37(63)64)51-42(70)28(11-15-36(61)62)50-41(69)27(10-14-35(59)60)49-39(67)26(47)9-13-34(57)58/h5-8,26-33,56H,3-4,9-23,47H2,1-2H3,(H,48,68)(H,49,67)(H,50,69)(H,51,70)(H,52,73)(H,53,72)(H,54,71)(H,57,58)(H,59,60)(H,61,62)(H,63,64)(H,65,66)/t26-,27-,28-,29-,30-,31-,32-,33-/m0/s1. The third-order valence-electron chi connectivity index (χ3n) is 11.6. The Morgan fingerprint density at radius 1 is 0.539 bits per heavy atom. The molecule has 0 bridgehead atoms. The summed E-state index contributed by atoms with van der Waals surface area (Å²) in [4.78, 5) is 168. The number of amides is 8. The molecule has 28 nitrogen and oxygen atoms in total. The fraction of sp³-hybridized carbons (Fsp3) is 0.587. The van der Waals surface area contributed by atoms with Gasteiger partial charge in [-0.15, -0.1) is 0 Å². The summed E-state index contributed by atoms with van der Waals surface area (Å²) in [5, 5.41) is 73.0. The summed E-state index contributed by atoms with van der Waals surface area (Å²) in [6.07, 6.45) is -1.28. The van der Waals surface area contributed by atoms with Crippen molar-refractivity contribution in [2.75, 3.05) is 37.1 Å². The second kappa shape index (κ2) is 33.7. The molecule has 2 rings (SSSR count). The molecule has 8 atom stereocenters. The second-order valence-corrected chi connectivity index (χ2v) is 19.4. The maximum absolute atomic E-state index is 14.4. The van der Waals surface area contributed by atoms with Crippen LogP contribution in [-0.4, -0.2) is 198 Å². The number of carboxylic acid groups (broad SMARTS) is 5. The van der Waals surface area contributed by atoms with E-state index in [4.69, 9.17) is 15.9 Å². The summed E-state index contributed by atoms with van der Waals surface area (Å²) in [6.45, 7) is -0.632. The zero-order valence-electron chi connectivity index (χ0n) is 41.8. The van der Waals surface area contributed by atoms with Crippen LogP contribution in [0.4, 0.5) is 0 Å². The number of aromatic hydroxyl groups is 1. The first kappa shape index (κ1) is 64.9. The van der Waals surface area contributed by atoms with Crippen LogP contribution >= 0.6 is 23.5 Å². The minimum atomic E-state index is -1.85. The van der Waals surface area contributed by atoms with Crippen molar-refractivity contribution in [3.8, 4) is 5.75 Å². The molecule has 0 aromatic heterocycles. The van der Waals surface area contributed by atoms with Crippen LogP contribution in [0.3, 0.4) is 0 Å². The number of carbonyl (C=O) groups is 13. The van der Waals surface area contributed by atoms with Crippen LogP contribution in [0.15, 0.2) is 24.3 Å². The quantitative estimate of drug-likeness (QED) is 0.0326. The van der Waals surface area contributed by atoms with E-state index in [0.717, 1.165) is 0 Å². The molecule has 1 aliphatic heterocycles. The zero-order valence-corrected chi connectivity index (χ0v) is 43.4. The molecule has 0 aliphatic carbocycles. The van der Waals surface area contributed by atoms with Crippen molar-refractivity contribution >= 4 is 101 Å². The summed E-state index contributed by atoms with van der Waals surface area (Å²) in [5.41, 5.74) is 6.10. The second-order valence-electron chi connectivity index (χ2n) is 17.4. The lowest BCUT2D eigenvalue weighted by molar-refractivity contribution is -0.143. The number of carbonyl (C=O) groups excluding carboxylic acids is 8. The van der Waals surface area contributed by atoms with Gasteiger partial charge in [0.15, 0.2) is 0 Å². The average Bonchev–Trinajstić information content (AvgIpc) is 3.86. The van der Waals surface area contributed by atoms with E-state index in [2.05, 4.69) is 37.2 Å². The highest BCUT2D eigenvalue weighted by Crippen LogP contribution is 2.21. The summed E-state index contributed by atoms with van der Waals surface area (Å²) in [6, 6.07) is -6.69. The van der Waals surface area contributed by atoms with Crippen LogP contribution in [0.5, 0.6) is 5.75 Å². The Morgan fingerprint density at radius 3 is 1.41 bits per heavy atom. The van der Waals surface area contributed by atoms with E-state index in [-0.39, 0.29) is 44.4 Å². The van der Waals surface area contributed by atoms with Gasteiger partial charge in [-0.05, 0) is 93.1 Å². The number of carboxylic acids is 5. The number of phenolic OH excluding ortho intramolecular Hbond substituents is 1. The average molecular weight is 1110 g/mol. The molecule has 422 valence electrons. The van der Waals surface area contributed by atoms with Crippen LogP contribution in [0, 0.1) is 0 Å². The maximum atomic E-state index is 14.4. The van der Waals surface area contributed by atoms with Gasteiger partial charge in [-0.3, -0.25) is 62.3 Å². The monoisotopic (exact) mass is 1110 g/mol. The molecule has 0 saturated carbocycles. The van der Waals surface area contributed by atoms with Crippen molar-refractivity contribution in [1.82, 2.24) is 42.1 Å². The molecular weight excluding hydrogens is 1050 g/mol. The van der Waals surface area contributed by atoms with Crippen molar-refractivity contribution in [3.05, 3.63) is 29.8 Å². The number of aliphatic carboxylic acids is 5. The van der Waals surface area contributed by atoms with Crippen molar-refractivity contribution in [2.45, 2.75) is 132 Å². The van der Waals surface area contributed by atoms with Gasteiger partial charge in [-0.2, -0.15) is 23.5 Å². The Kier molecular flexibility index (Phi) is 28.7. The van der Waals surface area contributed by atoms with Crippen molar-refractivity contribution in [3.63, 3.8) is 0 Å². The van der Waals surface area contributed by atoms with E-state index < -0.39 is 177 Å². The Bertz CT molecular complexity index is 2240. The number of thioether (sulfide) groups is 2. The van der Waals surface area contributed by atoms with Crippen molar-refractivity contribution in [1.29, 1.82) is 0 Å². The van der Waals surface area contributed by atoms with Crippen molar-refractivity contribution < 1.29 is 93.0 Å². The molecule has 1 heterocycles. The fourth-order valence-electron chi connectivity index (χ4n) is 7.52. The molecule has 1 aromatic carbocycles. The largest absolute Gasteiger partial charge is 0.508 e. The van der Waals surface area contributed by atoms with Crippen molar-refractivity contribution in [2.24, 2.45) is 5.73 Å². The number of likely N-dealkylation sites (tertiary alicyclic amines) is 1. The minimum absolute atomic E-state index is 0.00349. The molecule has 0 unspecified atom stereocenters. The lowest BCUT2D eigenvalue weighted by Crippen LogP contribution is -2.60. The minimum Gasteiger partial charge on any atom is -0.508 e. The molecule has 8 amide bonds. The maximum Gasteiger partial charge on any atom is 0.322 e. The van der Waals surface area contributed by atoms with Gasteiger partial charge in [0.05, 0.1) is 6.04 Å². The lowest BCUT2D eigenvalue weighted by Gasteiger charge is -2.31.